The Labute approximate surface area is 524 Å². The lowest BCUT2D eigenvalue weighted by atomic mass is 9.67. The molecule has 430 valence electrons. The van der Waals surface area contributed by atoms with Gasteiger partial charge in [-0.2, -0.15) is 0 Å². The quantitative estimate of drug-likeness (QED) is 0.135. The third kappa shape index (κ3) is 7.78. The Morgan fingerprint density at radius 3 is 0.640 bits per heavy atom. The van der Waals surface area contributed by atoms with E-state index in [9.17, 15) is 0 Å². The SMILES string of the molecule is CCC1c2ccccc2N(c2cc(N3c4ccccc4C(CC)c4ccccc43)cc(C3(c4cc(N5c6ccccc6C(CC)c6ccccc65)cc(N5c6ccccc6C(CC)c6ccccc65)c4)c4ccccc4-c4ccccc43)c2)c2ccccc21. The van der Waals surface area contributed by atoms with E-state index in [-0.39, 0.29) is 23.7 Å². The molecule has 0 fully saturated rings. The predicted octanol–water partition coefficient (Wildman–Crippen LogP) is 23.4. The van der Waals surface area contributed by atoms with Crippen molar-refractivity contribution in [2.45, 2.75) is 82.5 Å². The Bertz CT molecular complexity index is 4050. The molecule has 4 heterocycles. The van der Waals surface area contributed by atoms with E-state index < -0.39 is 5.41 Å². The van der Waals surface area contributed by atoms with Crippen LogP contribution in [0.1, 0.15) is 144 Å². The maximum atomic E-state index is 2.60. The largest absolute Gasteiger partial charge is 0.310 e. The smallest absolute Gasteiger partial charge is 0.0716 e. The molecule has 0 unspecified atom stereocenters. The van der Waals surface area contributed by atoms with Gasteiger partial charge in [0.05, 0.1) is 5.41 Å². The van der Waals surface area contributed by atoms with Crippen molar-refractivity contribution in [3.63, 3.8) is 0 Å². The van der Waals surface area contributed by atoms with Crippen molar-refractivity contribution in [3.05, 3.63) is 346 Å². The summed E-state index contributed by atoms with van der Waals surface area (Å²) in [6.45, 7) is 9.37. The number of nitrogens with zero attached hydrogens (tertiary/aromatic N) is 4. The molecule has 12 aromatic rings. The number of hydrogen-bond donors (Lipinski definition) is 0. The number of fused-ring (bicyclic) bond motifs is 11. The van der Waals surface area contributed by atoms with Crippen LogP contribution in [0.15, 0.2) is 279 Å². The van der Waals surface area contributed by atoms with Crippen LogP contribution in [0, 0.1) is 0 Å². The molecular formula is C85H70N4. The molecule has 0 N–H and O–H groups in total. The van der Waals surface area contributed by atoms with Gasteiger partial charge in [0, 0.05) is 91.9 Å². The molecule has 0 aromatic heterocycles. The summed E-state index contributed by atoms with van der Waals surface area (Å²) in [5.41, 5.74) is 31.6. The normalized spacial score (nSPS) is 15.2. The van der Waals surface area contributed by atoms with E-state index in [4.69, 9.17) is 0 Å². The molecular weight excluding hydrogens is 1080 g/mol. The van der Waals surface area contributed by atoms with Crippen molar-refractivity contribution in [3.8, 4) is 11.1 Å². The fourth-order valence-electron chi connectivity index (χ4n) is 17.1. The summed E-state index contributed by atoms with van der Waals surface area (Å²) in [7, 11) is 0. The monoisotopic (exact) mass is 1150 g/mol. The van der Waals surface area contributed by atoms with Crippen molar-refractivity contribution >= 4 is 68.2 Å². The van der Waals surface area contributed by atoms with E-state index in [1.54, 1.807) is 0 Å². The standard InChI is InChI=1S/C85H70N4/c1-5-61-67-31-11-21-41-77(67)86(78-42-22-12-32-68(61)78)57-49-55(50-58(53-57)87-79-43-23-13-33-69(79)62(6-2)70-34-14-24-44-80(70)87)85(75-39-19-9-29-65(75)66-30-10-20-40-76(66)85)56-51-59(88-81-45-25-15-35-71(81)63(7-3)72-36-16-26-46-82(72)88)54-60(52-56)89-83-47-27-17-37-73(83)64(8-4)74-38-18-28-48-84(74)89/h9-54,61-64H,5-8H2,1-4H3. The van der Waals surface area contributed by atoms with Crippen LogP contribution in [0.4, 0.5) is 68.2 Å². The summed E-state index contributed by atoms with van der Waals surface area (Å²) >= 11 is 0. The molecule has 0 radical (unpaired) electrons. The lowest BCUT2D eigenvalue weighted by molar-refractivity contribution is 0.755. The van der Waals surface area contributed by atoms with Gasteiger partial charge in [-0.3, -0.25) is 0 Å². The third-order valence-electron chi connectivity index (χ3n) is 20.7. The molecule has 0 amide bonds. The van der Waals surface area contributed by atoms with Gasteiger partial charge in [0.25, 0.3) is 0 Å². The van der Waals surface area contributed by atoms with E-state index in [0.29, 0.717) is 0 Å². The van der Waals surface area contributed by atoms with Crippen molar-refractivity contribution < 1.29 is 0 Å². The van der Waals surface area contributed by atoms with Gasteiger partial charge in [-0.15, -0.1) is 0 Å². The lowest BCUT2D eigenvalue weighted by Gasteiger charge is -2.43. The number of para-hydroxylation sites is 8. The minimum atomic E-state index is -0.883. The number of benzene rings is 12. The Kier molecular flexibility index (Phi) is 12.5. The summed E-state index contributed by atoms with van der Waals surface area (Å²) in [4.78, 5) is 10.4. The highest BCUT2D eigenvalue weighted by atomic mass is 15.2. The van der Waals surface area contributed by atoms with Gasteiger partial charge < -0.3 is 19.6 Å². The van der Waals surface area contributed by atoms with Crippen LogP contribution in [0.25, 0.3) is 11.1 Å². The molecule has 0 saturated carbocycles. The zero-order valence-corrected chi connectivity index (χ0v) is 51.0. The molecule has 17 rings (SSSR count). The van der Waals surface area contributed by atoms with E-state index in [1.807, 2.05) is 0 Å². The van der Waals surface area contributed by atoms with Crippen LogP contribution in [0.5, 0.6) is 0 Å². The Balaban J connectivity index is 1.03. The second-order valence-corrected chi connectivity index (χ2v) is 25.0. The van der Waals surface area contributed by atoms with Crippen LogP contribution in [-0.2, 0) is 5.41 Å². The Morgan fingerprint density at radius 2 is 0.427 bits per heavy atom. The fraction of sp³-hybridized carbons (Fsp3) is 0.153. The lowest BCUT2D eigenvalue weighted by Crippen LogP contribution is -2.31. The molecule has 89 heavy (non-hydrogen) atoms. The molecule has 0 bridgehead atoms. The molecule has 5 aliphatic rings. The second kappa shape index (κ2) is 21.0. The van der Waals surface area contributed by atoms with Gasteiger partial charge in [0.2, 0.25) is 0 Å². The molecule has 4 heteroatoms. The van der Waals surface area contributed by atoms with E-state index >= 15 is 0 Å². The van der Waals surface area contributed by atoms with Crippen molar-refractivity contribution in [1.82, 2.24) is 0 Å². The second-order valence-electron chi connectivity index (χ2n) is 25.0. The highest BCUT2D eigenvalue weighted by molar-refractivity contribution is 5.96. The van der Waals surface area contributed by atoms with E-state index in [1.165, 1.54) is 123 Å². The fourth-order valence-corrected chi connectivity index (χ4v) is 17.1. The van der Waals surface area contributed by atoms with Gasteiger partial charge >= 0.3 is 0 Å². The summed E-state index contributed by atoms with van der Waals surface area (Å²) in [6.07, 6.45) is 3.99. The first-order valence-electron chi connectivity index (χ1n) is 32.4. The van der Waals surface area contributed by atoms with Crippen LogP contribution < -0.4 is 19.6 Å². The first kappa shape index (κ1) is 53.1. The van der Waals surface area contributed by atoms with Crippen LogP contribution in [-0.4, -0.2) is 0 Å². The Hall–Kier alpha value is -10.2. The molecule has 1 aliphatic carbocycles. The zero-order valence-electron chi connectivity index (χ0n) is 51.0. The van der Waals surface area contributed by atoms with Crippen LogP contribution in [0.2, 0.25) is 0 Å². The number of anilines is 12. The van der Waals surface area contributed by atoms with Crippen molar-refractivity contribution in [2.75, 3.05) is 19.6 Å². The van der Waals surface area contributed by atoms with E-state index in [2.05, 4.69) is 326 Å². The molecule has 0 spiro atoms. The van der Waals surface area contributed by atoms with Crippen molar-refractivity contribution in [2.24, 2.45) is 0 Å². The first-order chi connectivity index (χ1) is 44.0. The molecule has 12 aromatic carbocycles. The zero-order chi connectivity index (χ0) is 59.5. The maximum absolute atomic E-state index is 2.60. The minimum absolute atomic E-state index is 0.254. The van der Waals surface area contributed by atoms with Gasteiger partial charge in [0.15, 0.2) is 0 Å². The molecule has 0 saturated heterocycles. The molecule has 0 atom stereocenters. The molecule has 4 aliphatic heterocycles. The van der Waals surface area contributed by atoms with E-state index in [0.717, 1.165) is 48.4 Å². The van der Waals surface area contributed by atoms with Crippen LogP contribution in [0.3, 0.4) is 0 Å². The summed E-state index contributed by atoms with van der Waals surface area (Å²) in [6, 6.07) is 108. The van der Waals surface area contributed by atoms with Gasteiger partial charge in [-0.1, -0.05) is 222 Å². The Morgan fingerprint density at radius 1 is 0.236 bits per heavy atom. The third-order valence-corrected chi connectivity index (χ3v) is 20.7. The minimum Gasteiger partial charge on any atom is -0.310 e. The maximum Gasteiger partial charge on any atom is 0.0716 e. The molecule has 4 nitrogen and oxygen atoms in total. The first-order valence-corrected chi connectivity index (χ1v) is 32.4. The summed E-state index contributed by atoms with van der Waals surface area (Å²) < 4.78 is 0. The number of rotatable bonds is 10. The number of hydrogen-bond acceptors (Lipinski definition) is 4. The average Bonchev–Trinajstić information content (AvgIpc) is 1.65. The van der Waals surface area contributed by atoms with Crippen LogP contribution >= 0.6 is 0 Å². The average molecular weight is 1150 g/mol. The van der Waals surface area contributed by atoms with Gasteiger partial charge in [0.1, 0.15) is 0 Å². The topological polar surface area (TPSA) is 13.0 Å². The highest BCUT2D eigenvalue weighted by Gasteiger charge is 2.49. The summed E-state index contributed by atoms with van der Waals surface area (Å²) in [5, 5.41) is 0. The van der Waals surface area contributed by atoms with Crippen molar-refractivity contribution in [1.29, 1.82) is 0 Å². The highest BCUT2D eigenvalue weighted by Crippen LogP contribution is 2.63. The predicted molar refractivity (Wildman–Crippen MR) is 371 cm³/mol. The van der Waals surface area contributed by atoms with Gasteiger partial charge in [-0.05, 0) is 189 Å². The summed E-state index contributed by atoms with van der Waals surface area (Å²) in [5.74, 6) is 1.02. The van der Waals surface area contributed by atoms with Gasteiger partial charge in [-0.25, -0.2) is 0 Å².